The zero-order valence-corrected chi connectivity index (χ0v) is 13.2. The van der Waals surface area contributed by atoms with Crippen molar-refractivity contribution in [3.8, 4) is 11.6 Å². The summed E-state index contributed by atoms with van der Waals surface area (Å²) in [6, 6.07) is 7.69. The van der Waals surface area contributed by atoms with Crippen molar-refractivity contribution >= 4 is 27.9 Å². The number of benzene rings is 1. The maximum Gasteiger partial charge on any atom is 0.219 e. The van der Waals surface area contributed by atoms with Gasteiger partial charge in [-0.1, -0.05) is 17.7 Å². The summed E-state index contributed by atoms with van der Waals surface area (Å²) in [7, 11) is -3.62. The maximum absolute atomic E-state index is 11.1. The van der Waals surface area contributed by atoms with Gasteiger partial charge in [-0.05, 0) is 30.7 Å². The van der Waals surface area contributed by atoms with E-state index in [1.165, 1.54) is 12.1 Å². The number of sulfonamides is 1. The van der Waals surface area contributed by atoms with Crippen LogP contribution in [-0.2, 0) is 15.8 Å². The number of primary sulfonamides is 1. The summed E-state index contributed by atoms with van der Waals surface area (Å²) in [5, 5.41) is 5.22. The summed E-state index contributed by atoms with van der Waals surface area (Å²) in [6.07, 6.45) is 0.709. The number of ether oxygens (including phenoxy) is 1. The molecule has 0 saturated carbocycles. The lowest BCUT2D eigenvalue weighted by Gasteiger charge is -2.09. The molecule has 0 bridgehead atoms. The molecule has 0 radical (unpaired) electrons. The smallest absolute Gasteiger partial charge is 0.219 e. The Morgan fingerprint density at radius 1 is 1.32 bits per heavy atom. The number of carbonyl (C=O) groups is 1. The van der Waals surface area contributed by atoms with E-state index in [0.29, 0.717) is 28.9 Å². The molecule has 0 fully saturated rings. The van der Waals surface area contributed by atoms with Gasteiger partial charge >= 0.3 is 0 Å². The molecular weight excluding hydrogens is 328 g/mol. The van der Waals surface area contributed by atoms with E-state index in [0.717, 1.165) is 0 Å². The second-order valence-corrected chi connectivity index (χ2v) is 6.64. The molecule has 8 heteroatoms. The van der Waals surface area contributed by atoms with E-state index < -0.39 is 10.0 Å². The number of aromatic nitrogens is 1. The first-order valence-corrected chi connectivity index (χ1v) is 8.27. The van der Waals surface area contributed by atoms with Crippen molar-refractivity contribution in [2.24, 2.45) is 5.14 Å². The fourth-order valence-electron chi connectivity index (χ4n) is 1.79. The topological polar surface area (TPSA) is 99.3 Å². The molecule has 0 aliphatic rings. The molecule has 1 aromatic heterocycles. The van der Waals surface area contributed by atoms with Crippen LogP contribution in [0.1, 0.15) is 21.6 Å². The quantitative estimate of drug-likeness (QED) is 0.843. The molecule has 22 heavy (non-hydrogen) atoms. The lowest BCUT2D eigenvalue weighted by atomic mass is 10.2. The van der Waals surface area contributed by atoms with Crippen LogP contribution >= 0.6 is 11.6 Å². The third kappa shape index (κ3) is 4.27. The van der Waals surface area contributed by atoms with Gasteiger partial charge in [0.05, 0.1) is 16.5 Å². The van der Waals surface area contributed by atoms with Gasteiger partial charge in [-0.2, -0.15) is 0 Å². The first-order chi connectivity index (χ1) is 10.3. The van der Waals surface area contributed by atoms with Crippen molar-refractivity contribution in [2.45, 2.75) is 12.7 Å². The van der Waals surface area contributed by atoms with Gasteiger partial charge < -0.3 is 4.74 Å². The Labute approximate surface area is 132 Å². The molecular formula is C14H13ClN2O4S. The van der Waals surface area contributed by atoms with Crippen LogP contribution in [0.3, 0.4) is 0 Å². The van der Waals surface area contributed by atoms with Crippen molar-refractivity contribution in [2.75, 3.05) is 0 Å². The normalized spacial score (nSPS) is 11.2. The van der Waals surface area contributed by atoms with Gasteiger partial charge in [-0.3, -0.25) is 4.79 Å². The van der Waals surface area contributed by atoms with E-state index in [1.54, 1.807) is 25.1 Å². The third-order valence-electron chi connectivity index (χ3n) is 2.81. The predicted molar refractivity (Wildman–Crippen MR) is 82.7 cm³/mol. The van der Waals surface area contributed by atoms with E-state index in [1.807, 2.05) is 0 Å². The van der Waals surface area contributed by atoms with Crippen LogP contribution in [0.5, 0.6) is 11.6 Å². The summed E-state index contributed by atoms with van der Waals surface area (Å²) in [4.78, 5) is 14.9. The number of nitrogens with two attached hydrogens (primary N) is 1. The average Bonchev–Trinajstić information content (AvgIpc) is 2.40. The van der Waals surface area contributed by atoms with Gasteiger partial charge in [0.1, 0.15) is 5.75 Å². The van der Waals surface area contributed by atoms with Crippen molar-refractivity contribution in [3.05, 3.63) is 52.2 Å². The number of halogens is 1. The zero-order chi connectivity index (χ0) is 16.3. The highest BCUT2D eigenvalue weighted by atomic mass is 35.5. The van der Waals surface area contributed by atoms with Crippen LogP contribution in [0.4, 0.5) is 0 Å². The van der Waals surface area contributed by atoms with E-state index in [2.05, 4.69) is 4.98 Å². The molecule has 0 atom stereocenters. The van der Waals surface area contributed by atoms with Gasteiger partial charge in [0.15, 0.2) is 6.29 Å². The zero-order valence-electron chi connectivity index (χ0n) is 11.6. The molecule has 1 aromatic carbocycles. The molecule has 6 nitrogen and oxygen atoms in total. The Kier molecular flexibility index (Phi) is 4.80. The predicted octanol–water partition coefficient (Wildman–Crippen LogP) is 2.44. The molecule has 0 spiro atoms. The van der Waals surface area contributed by atoms with Gasteiger partial charge in [-0.25, -0.2) is 18.5 Å². The fourth-order valence-corrected chi connectivity index (χ4v) is 2.68. The standard InChI is InChI=1S/C14H13ClN2O4S/c1-9-11(7-18)3-5-14(17-9)21-13-4-2-10(6-12(13)15)8-22(16,19)20/h2-7H,8H2,1H3,(H2,16,19,20). The van der Waals surface area contributed by atoms with Crippen LogP contribution < -0.4 is 9.88 Å². The van der Waals surface area contributed by atoms with Crippen LogP contribution in [0, 0.1) is 6.92 Å². The molecule has 2 rings (SSSR count). The number of hydrogen-bond donors (Lipinski definition) is 1. The number of pyridine rings is 1. The molecule has 0 unspecified atom stereocenters. The van der Waals surface area contributed by atoms with Crippen molar-refractivity contribution < 1.29 is 17.9 Å². The Balaban J connectivity index is 2.23. The molecule has 0 aliphatic carbocycles. The van der Waals surface area contributed by atoms with Gasteiger partial charge in [0.25, 0.3) is 0 Å². The number of carbonyl (C=O) groups excluding carboxylic acids is 1. The molecule has 0 aliphatic heterocycles. The van der Waals surface area contributed by atoms with Crippen LogP contribution in [0.15, 0.2) is 30.3 Å². The highest BCUT2D eigenvalue weighted by molar-refractivity contribution is 7.88. The SMILES string of the molecule is Cc1nc(Oc2ccc(CS(N)(=O)=O)cc2Cl)ccc1C=O. The van der Waals surface area contributed by atoms with Crippen LogP contribution in [-0.4, -0.2) is 19.7 Å². The Morgan fingerprint density at radius 3 is 2.59 bits per heavy atom. The van der Waals surface area contributed by atoms with E-state index >= 15 is 0 Å². The minimum Gasteiger partial charge on any atom is -0.437 e. The number of rotatable bonds is 5. The van der Waals surface area contributed by atoms with Crippen LogP contribution in [0.25, 0.3) is 0 Å². The molecule has 1 heterocycles. The largest absolute Gasteiger partial charge is 0.437 e. The minimum atomic E-state index is -3.62. The fraction of sp³-hybridized carbons (Fsp3) is 0.143. The second kappa shape index (κ2) is 6.43. The number of aldehydes is 1. The number of hydrogen-bond acceptors (Lipinski definition) is 5. The third-order valence-corrected chi connectivity index (χ3v) is 3.84. The average molecular weight is 341 g/mol. The van der Waals surface area contributed by atoms with Gasteiger partial charge in [0, 0.05) is 11.6 Å². The Morgan fingerprint density at radius 2 is 2.05 bits per heavy atom. The lowest BCUT2D eigenvalue weighted by Crippen LogP contribution is -2.14. The summed E-state index contributed by atoms with van der Waals surface area (Å²) >= 11 is 6.06. The van der Waals surface area contributed by atoms with Gasteiger partial charge in [-0.15, -0.1) is 0 Å². The lowest BCUT2D eigenvalue weighted by molar-refractivity contribution is 0.112. The molecule has 2 N–H and O–H groups in total. The first-order valence-electron chi connectivity index (χ1n) is 6.18. The van der Waals surface area contributed by atoms with Crippen molar-refractivity contribution in [1.82, 2.24) is 4.98 Å². The van der Waals surface area contributed by atoms with E-state index in [-0.39, 0.29) is 16.7 Å². The second-order valence-electron chi connectivity index (χ2n) is 4.62. The monoisotopic (exact) mass is 340 g/mol. The summed E-state index contributed by atoms with van der Waals surface area (Å²) < 4.78 is 27.6. The maximum atomic E-state index is 11.1. The van der Waals surface area contributed by atoms with Crippen LogP contribution in [0.2, 0.25) is 5.02 Å². The first kappa shape index (κ1) is 16.4. The summed E-state index contributed by atoms with van der Waals surface area (Å²) in [6.45, 7) is 1.69. The molecule has 0 amide bonds. The molecule has 0 saturated heterocycles. The van der Waals surface area contributed by atoms with Crippen molar-refractivity contribution in [3.63, 3.8) is 0 Å². The molecule has 2 aromatic rings. The number of nitrogens with zero attached hydrogens (tertiary/aromatic N) is 1. The summed E-state index contributed by atoms with van der Waals surface area (Å²) in [5.74, 6) is 0.299. The molecule has 116 valence electrons. The summed E-state index contributed by atoms with van der Waals surface area (Å²) in [5.41, 5.74) is 1.47. The van der Waals surface area contributed by atoms with E-state index in [4.69, 9.17) is 21.5 Å². The Hall–Kier alpha value is -1.96. The van der Waals surface area contributed by atoms with E-state index in [9.17, 15) is 13.2 Å². The minimum absolute atomic E-state index is 0.236. The highest BCUT2D eigenvalue weighted by Crippen LogP contribution is 2.30. The number of aryl methyl sites for hydroxylation is 1. The van der Waals surface area contributed by atoms with Crippen molar-refractivity contribution in [1.29, 1.82) is 0 Å². The van der Waals surface area contributed by atoms with Gasteiger partial charge in [0.2, 0.25) is 15.9 Å². The highest BCUT2D eigenvalue weighted by Gasteiger charge is 2.10. The Bertz CT molecular complexity index is 822.